The fourth-order valence-electron chi connectivity index (χ4n) is 4.63. The number of rotatable bonds is 6. The highest BCUT2D eigenvalue weighted by atomic mass is 19.1. The van der Waals surface area contributed by atoms with Gasteiger partial charge in [0, 0.05) is 23.4 Å². The van der Waals surface area contributed by atoms with Gasteiger partial charge in [0.25, 0.3) is 0 Å². The fraction of sp³-hybridized carbons (Fsp3) is 0.231. The van der Waals surface area contributed by atoms with Crippen molar-refractivity contribution in [2.75, 3.05) is 18.5 Å². The van der Waals surface area contributed by atoms with Crippen molar-refractivity contribution in [2.45, 2.75) is 24.4 Å². The standard InChI is InChI=1S/C26H22FN3O5/c27-18-9-19-20(10-23(29-19)35-22-12-34-25-21(32)11-33-26(22)25)30-24(18)16-3-1-14(2-4-16)15-5-7-17(8-6-15)28-13-31/h1-10,13,21-22,25-26,29,32H,11-12H2,(H,28,31)/t21-,22-,25?,26-/m1/s1. The van der Waals surface area contributed by atoms with Gasteiger partial charge in [0.1, 0.15) is 24.0 Å². The molecule has 3 N–H and O–H groups in total. The third kappa shape index (κ3) is 4.03. The number of aliphatic hydroxyl groups is 1. The number of hydrogen-bond acceptors (Lipinski definition) is 6. The zero-order valence-corrected chi connectivity index (χ0v) is 18.5. The van der Waals surface area contributed by atoms with Crippen molar-refractivity contribution < 1.29 is 28.5 Å². The Hall–Kier alpha value is -3.79. The van der Waals surface area contributed by atoms with Crippen molar-refractivity contribution >= 4 is 23.1 Å². The van der Waals surface area contributed by atoms with Gasteiger partial charge in [-0.15, -0.1) is 0 Å². The molecule has 0 spiro atoms. The number of aliphatic hydroxyl groups excluding tert-OH is 1. The Morgan fingerprint density at radius 3 is 2.43 bits per heavy atom. The lowest BCUT2D eigenvalue weighted by atomic mass is 10.0. The highest BCUT2D eigenvalue weighted by molar-refractivity contribution is 5.81. The van der Waals surface area contributed by atoms with Crippen molar-refractivity contribution in [3.05, 3.63) is 66.5 Å². The number of hydrogen-bond donors (Lipinski definition) is 3. The molecule has 8 nitrogen and oxygen atoms in total. The van der Waals surface area contributed by atoms with Crippen LogP contribution in [0.25, 0.3) is 33.4 Å². The van der Waals surface area contributed by atoms with Crippen molar-refractivity contribution in [1.82, 2.24) is 9.97 Å². The van der Waals surface area contributed by atoms with Gasteiger partial charge in [0.05, 0.1) is 24.2 Å². The zero-order chi connectivity index (χ0) is 23.9. The molecule has 2 fully saturated rings. The highest BCUT2D eigenvalue weighted by Crippen LogP contribution is 2.32. The Kier molecular flexibility index (Phi) is 5.44. The van der Waals surface area contributed by atoms with Gasteiger partial charge < -0.3 is 29.6 Å². The van der Waals surface area contributed by atoms with Crippen LogP contribution in [0.3, 0.4) is 0 Å². The summed E-state index contributed by atoms with van der Waals surface area (Å²) in [5.41, 5.74) is 4.63. The van der Waals surface area contributed by atoms with Crippen LogP contribution in [0.5, 0.6) is 5.88 Å². The lowest BCUT2D eigenvalue weighted by molar-refractivity contribution is -0.105. The van der Waals surface area contributed by atoms with E-state index in [1.165, 1.54) is 6.07 Å². The molecule has 0 radical (unpaired) electrons. The van der Waals surface area contributed by atoms with Gasteiger partial charge in [-0.2, -0.15) is 0 Å². The summed E-state index contributed by atoms with van der Waals surface area (Å²) in [6.07, 6.45) is -1.12. The van der Waals surface area contributed by atoms with E-state index in [0.29, 0.717) is 41.2 Å². The fourth-order valence-corrected chi connectivity index (χ4v) is 4.63. The SMILES string of the molecule is O=CNc1ccc(-c2ccc(-c3nc4cc(O[C@@H]5COC6[C@H](O)CO[C@@H]65)[nH]c4cc3F)cc2)cc1. The topological polar surface area (TPSA) is 106 Å². The normalized spacial score (nSPS) is 23.4. The zero-order valence-electron chi connectivity index (χ0n) is 18.5. The number of nitrogens with zero attached hydrogens (tertiary/aromatic N) is 1. The number of H-pyrrole nitrogens is 1. The number of amides is 1. The van der Waals surface area contributed by atoms with Gasteiger partial charge in [0.15, 0.2) is 17.8 Å². The maximum Gasteiger partial charge on any atom is 0.211 e. The van der Waals surface area contributed by atoms with E-state index in [4.69, 9.17) is 14.2 Å². The van der Waals surface area contributed by atoms with Crippen LogP contribution in [0.15, 0.2) is 60.7 Å². The number of anilines is 1. The molecule has 1 amide bonds. The molecule has 0 aliphatic carbocycles. The van der Waals surface area contributed by atoms with Gasteiger partial charge in [-0.25, -0.2) is 9.37 Å². The van der Waals surface area contributed by atoms with Crippen LogP contribution in [0, 0.1) is 5.82 Å². The number of halogens is 1. The van der Waals surface area contributed by atoms with Crippen LogP contribution < -0.4 is 10.1 Å². The highest BCUT2D eigenvalue weighted by Gasteiger charge is 2.48. The Balaban J connectivity index is 1.22. The van der Waals surface area contributed by atoms with E-state index < -0.39 is 11.9 Å². The second-order valence-corrected chi connectivity index (χ2v) is 8.62. The maximum atomic E-state index is 15.0. The minimum atomic E-state index is -0.653. The summed E-state index contributed by atoms with van der Waals surface area (Å²) in [6.45, 7) is 0.525. The number of ether oxygens (including phenoxy) is 3. The van der Waals surface area contributed by atoms with Crippen LogP contribution in [0.2, 0.25) is 0 Å². The Labute approximate surface area is 199 Å². The molecule has 35 heavy (non-hydrogen) atoms. The molecular weight excluding hydrogens is 453 g/mol. The van der Waals surface area contributed by atoms with Crippen LogP contribution in [-0.2, 0) is 14.3 Å². The summed E-state index contributed by atoms with van der Waals surface area (Å²) in [4.78, 5) is 18.1. The average Bonchev–Trinajstić information content (AvgIpc) is 3.56. The number of pyridine rings is 1. The lowest BCUT2D eigenvalue weighted by Gasteiger charge is -2.16. The first kappa shape index (κ1) is 21.7. The van der Waals surface area contributed by atoms with E-state index in [0.717, 1.165) is 11.1 Å². The summed E-state index contributed by atoms with van der Waals surface area (Å²) in [7, 11) is 0. The minimum absolute atomic E-state index is 0.222. The van der Waals surface area contributed by atoms with Crippen LogP contribution in [-0.4, -0.2) is 59.1 Å². The van der Waals surface area contributed by atoms with Crippen LogP contribution in [0.4, 0.5) is 10.1 Å². The molecule has 0 bridgehead atoms. The quantitative estimate of drug-likeness (QED) is 0.369. The monoisotopic (exact) mass is 475 g/mol. The summed E-state index contributed by atoms with van der Waals surface area (Å²) >= 11 is 0. The molecule has 1 unspecified atom stereocenters. The number of fused-ring (bicyclic) bond motifs is 2. The van der Waals surface area contributed by atoms with E-state index in [-0.39, 0.29) is 30.6 Å². The third-order valence-electron chi connectivity index (χ3n) is 6.39. The Morgan fingerprint density at radius 1 is 1.00 bits per heavy atom. The molecule has 4 atom stereocenters. The van der Waals surface area contributed by atoms with Crippen molar-refractivity contribution in [3.8, 4) is 28.3 Å². The first-order valence-electron chi connectivity index (χ1n) is 11.3. The summed E-state index contributed by atoms with van der Waals surface area (Å²) < 4.78 is 32.1. The number of aromatic amines is 1. The molecule has 6 rings (SSSR count). The largest absolute Gasteiger partial charge is 0.470 e. The summed E-state index contributed by atoms with van der Waals surface area (Å²) in [5.74, 6) is -0.0133. The molecule has 2 aliphatic heterocycles. The molecule has 2 aromatic heterocycles. The molecule has 178 valence electrons. The average molecular weight is 475 g/mol. The van der Waals surface area contributed by atoms with Crippen molar-refractivity contribution in [2.24, 2.45) is 0 Å². The van der Waals surface area contributed by atoms with Crippen molar-refractivity contribution in [3.63, 3.8) is 0 Å². The van der Waals surface area contributed by atoms with Crippen LogP contribution >= 0.6 is 0 Å². The second kappa shape index (κ2) is 8.77. The van der Waals surface area contributed by atoms with Gasteiger partial charge in [-0.3, -0.25) is 4.79 Å². The Bertz CT molecular complexity index is 1370. The van der Waals surface area contributed by atoms with E-state index in [1.54, 1.807) is 6.07 Å². The van der Waals surface area contributed by atoms with E-state index >= 15 is 0 Å². The van der Waals surface area contributed by atoms with E-state index in [1.807, 2.05) is 48.5 Å². The van der Waals surface area contributed by atoms with Gasteiger partial charge in [-0.1, -0.05) is 36.4 Å². The summed E-state index contributed by atoms with van der Waals surface area (Å²) in [5, 5.41) is 12.5. The first-order valence-corrected chi connectivity index (χ1v) is 11.3. The lowest BCUT2D eigenvalue weighted by Crippen LogP contribution is -2.34. The molecule has 4 heterocycles. The molecule has 0 saturated carbocycles. The van der Waals surface area contributed by atoms with Gasteiger partial charge in [0.2, 0.25) is 6.41 Å². The molecule has 4 aromatic rings. The number of nitrogens with one attached hydrogen (secondary N) is 2. The number of carbonyl (C=O) groups is 1. The molecule has 2 aliphatic rings. The summed E-state index contributed by atoms with van der Waals surface area (Å²) in [6, 6.07) is 18.0. The Morgan fingerprint density at radius 2 is 1.69 bits per heavy atom. The van der Waals surface area contributed by atoms with Gasteiger partial charge >= 0.3 is 0 Å². The molecular formula is C26H22FN3O5. The molecule has 2 saturated heterocycles. The second-order valence-electron chi connectivity index (χ2n) is 8.62. The first-order chi connectivity index (χ1) is 17.1. The molecule has 9 heteroatoms. The van der Waals surface area contributed by atoms with Crippen LogP contribution in [0.1, 0.15) is 0 Å². The van der Waals surface area contributed by atoms with E-state index in [9.17, 15) is 14.3 Å². The predicted molar refractivity (Wildman–Crippen MR) is 127 cm³/mol. The number of aromatic nitrogens is 2. The smallest absolute Gasteiger partial charge is 0.211 e. The molecule has 2 aromatic carbocycles. The van der Waals surface area contributed by atoms with Crippen molar-refractivity contribution in [1.29, 1.82) is 0 Å². The van der Waals surface area contributed by atoms with Gasteiger partial charge in [-0.05, 0) is 23.3 Å². The predicted octanol–water partition coefficient (Wildman–Crippen LogP) is 3.51. The minimum Gasteiger partial charge on any atom is -0.470 e. The van der Waals surface area contributed by atoms with E-state index in [2.05, 4.69) is 15.3 Å². The number of carbonyl (C=O) groups excluding carboxylic acids is 1. The number of benzene rings is 2. The maximum absolute atomic E-state index is 15.0. The third-order valence-corrected chi connectivity index (χ3v) is 6.39.